The van der Waals surface area contributed by atoms with Crippen LogP contribution in [0, 0.1) is 11.6 Å². The van der Waals surface area contributed by atoms with Crippen molar-refractivity contribution in [2.75, 3.05) is 11.5 Å². The highest BCUT2D eigenvalue weighted by atomic mass is 32.1. The van der Waals surface area contributed by atoms with Crippen LogP contribution in [0.15, 0.2) is 48.8 Å². The first-order chi connectivity index (χ1) is 15.8. The van der Waals surface area contributed by atoms with Crippen molar-refractivity contribution in [1.29, 1.82) is 0 Å². The maximum atomic E-state index is 14.3. The summed E-state index contributed by atoms with van der Waals surface area (Å²) in [6.45, 7) is 2.10. The Labute approximate surface area is 193 Å². The molecule has 2 aromatic carbocycles. The van der Waals surface area contributed by atoms with Crippen molar-refractivity contribution in [3.63, 3.8) is 0 Å². The number of aldehydes is 1. The van der Waals surface area contributed by atoms with Crippen LogP contribution in [0.4, 0.5) is 14.5 Å². The van der Waals surface area contributed by atoms with E-state index < -0.39 is 23.0 Å². The van der Waals surface area contributed by atoms with Crippen molar-refractivity contribution >= 4 is 41.4 Å². The number of halogens is 2. The summed E-state index contributed by atoms with van der Waals surface area (Å²) in [6.07, 6.45) is 4.53. The van der Waals surface area contributed by atoms with Gasteiger partial charge in [0.1, 0.15) is 17.2 Å². The Kier molecular flexibility index (Phi) is 7.44. The van der Waals surface area contributed by atoms with Crippen LogP contribution in [0.3, 0.4) is 0 Å². The van der Waals surface area contributed by atoms with Crippen LogP contribution in [-0.2, 0) is 0 Å². The second-order valence-corrected chi connectivity index (χ2v) is 7.54. The molecule has 0 bridgehead atoms. The summed E-state index contributed by atoms with van der Waals surface area (Å²) in [5.74, 6) is -2.21. The molecule has 0 aliphatic rings. The number of pyridine rings is 1. The molecular formula is C24H21F2N3O3S. The fraction of sp³-hybridized carbons (Fsp3) is 0.125. The minimum absolute atomic E-state index is 0.0199. The van der Waals surface area contributed by atoms with E-state index in [1.165, 1.54) is 30.9 Å². The van der Waals surface area contributed by atoms with Crippen LogP contribution >= 0.6 is 12.6 Å². The highest BCUT2D eigenvalue weighted by Gasteiger charge is 2.24. The molecule has 9 heteroatoms. The van der Waals surface area contributed by atoms with E-state index >= 15 is 0 Å². The normalized spacial score (nSPS) is 10.5. The summed E-state index contributed by atoms with van der Waals surface area (Å²) in [4.78, 5) is 30.7. The average molecular weight is 470 g/mol. The first-order valence-electron chi connectivity index (χ1n) is 9.97. The van der Waals surface area contributed by atoms with Gasteiger partial charge in [0, 0.05) is 28.9 Å². The molecule has 0 atom stereocenters. The second-order valence-electron chi connectivity index (χ2n) is 7.09. The predicted molar refractivity (Wildman–Crippen MR) is 127 cm³/mol. The van der Waals surface area contributed by atoms with E-state index in [2.05, 4.69) is 29.5 Å². The number of aromatic hydroxyl groups is 1. The quantitative estimate of drug-likeness (QED) is 0.140. The number of carbonyl (C=O) groups is 2. The Morgan fingerprint density at radius 2 is 1.94 bits per heavy atom. The number of aromatic nitrogens is 2. The minimum atomic E-state index is -1.12. The third-order valence-corrected chi connectivity index (χ3v) is 5.29. The zero-order valence-corrected chi connectivity index (χ0v) is 18.5. The number of thiol groups is 1. The van der Waals surface area contributed by atoms with Crippen molar-refractivity contribution in [2.45, 2.75) is 13.3 Å². The molecule has 0 amide bonds. The van der Waals surface area contributed by atoms with E-state index in [1.54, 1.807) is 12.1 Å². The van der Waals surface area contributed by atoms with Crippen molar-refractivity contribution in [2.24, 2.45) is 0 Å². The number of fused-ring (bicyclic) bond motifs is 1. The molecule has 2 aromatic heterocycles. The number of nitrogens with two attached hydrogens (primary N) is 1. The van der Waals surface area contributed by atoms with Gasteiger partial charge in [-0.1, -0.05) is 13.0 Å². The summed E-state index contributed by atoms with van der Waals surface area (Å²) in [6, 6.07) is 8.02. The summed E-state index contributed by atoms with van der Waals surface area (Å²) in [5.41, 5.74) is 5.96. The van der Waals surface area contributed by atoms with Gasteiger partial charge in [-0.05, 0) is 48.1 Å². The van der Waals surface area contributed by atoms with E-state index in [-0.39, 0.29) is 22.6 Å². The van der Waals surface area contributed by atoms with E-state index in [0.29, 0.717) is 28.4 Å². The van der Waals surface area contributed by atoms with Gasteiger partial charge in [-0.25, -0.2) is 13.8 Å². The molecule has 2 heterocycles. The first-order valence-corrected chi connectivity index (χ1v) is 10.6. The number of nitrogens with one attached hydrogen (secondary N) is 1. The molecule has 4 N–H and O–H groups in total. The Bertz CT molecular complexity index is 1340. The number of hydrogen-bond donors (Lipinski definition) is 4. The van der Waals surface area contributed by atoms with Gasteiger partial charge in [0.05, 0.1) is 16.8 Å². The smallest absolute Gasteiger partial charge is 0.201 e. The molecule has 0 spiro atoms. The van der Waals surface area contributed by atoms with Gasteiger partial charge < -0.3 is 15.8 Å². The maximum Gasteiger partial charge on any atom is 0.201 e. The topological polar surface area (TPSA) is 109 Å². The van der Waals surface area contributed by atoms with Gasteiger partial charge in [-0.2, -0.15) is 12.6 Å². The standard InChI is InChI=1S/C21H13F2N3O3.C3H8S/c22-15-3-4-16(24)19(23)18(15)20(29)14-8-26-21-13(14)5-12(7-25-21)10-1-2-11(9-27)17(28)6-10;1-2-3-4/h1-9,28H,24H2,(H,25,26);4H,2-3H2,1H3. The Hall–Kier alpha value is -3.72. The van der Waals surface area contributed by atoms with Crippen LogP contribution in [0.2, 0.25) is 0 Å². The molecule has 0 aliphatic carbocycles. The SMILES string of the molecule is CCCS.Nc1ccc(F)c(C(=O)c2c[nH]c3ncc(-c4ccc(C=O)c(O)c4)cc23)c1F. The van der Waals surface area contributed by atoms with Gasteiger partial charge in [0.2, 0.25) is 5.78 Å². The van der Waals surface area contributed by atoms with Crippen molar-refractivity contribution < 1.29 is 23.5 Å². The van der Waals surface area contributed by atoms with Crippen LogP contribution < -0.4 is 5.73 Å². The number of benzene rings is 2. The molecule has 170 valence electrons. The number of nitrogens with zero attached hydrogens (tertiary/aromatic N) is 1. The lowest BCUT2D eigenvalue weighted by molar-refractivity contribution is 0.103. The van der Waals surface area contributed by atoms with Gasteiger partial charge in [-0.3, -0.25) is 9.59 Å². The molecule has 6 nitrogen and oxygen atoms in total. The largest absolute Gasteiger partial charge is 0.507 e. The number of ketones is 1. The number of rotatable bonds is 5. The Morgan fingerprint density at radius 3 is 2.58 bits per heavy atom. The summed E-state index contributed by atoms with van der Waals surface area (Å²) < 4.78 is 28.4. The fourth-order valence-corrected chi connectivity index (χ4v) is 3.08. The maximum absolute atomic E-state index is 14.3. The molecule has 0 unspecified atom stereocenters. The molecule has 0 saturated carbocycles. The third kappa shape index (κ3) is 4.88. The number of carbonyl (C=O) groups excluding carboxylic acids is 2. The molecule has 0 aliphatic heterocycles. The number of anilines is 1. The predicted octanol–water partition coefficient (Wildman–Crippen LogP) is 5.17. The Morgan fingerprint density at radius 1 is 1.21 bits per heavy atom. The molecule has 4 aromatic rings. The van der Waals surface area contributed by atoms with Gasteiger partial charge >= 0.3 is 0 Å². The fourth-order valence-electron chi connectivity index (χ4n) is 3.08. The molecule has 33 heavy (non-hydrogen) atoms. The first kappa shape index (κ1) is 23.9. The van der Waals surface area contributed by atoms with E-state index in [4.69, 9.17) is 5.73 Å². The van der Waals surface area contributed by atoms with Gasteiger partial charge in [-0.15, -0.1) is 0 Å². The van der Waals surface area contributed by atoms with Crippen LogP contribution in [0.5, 0.6) is 5.75 Å². The van der Waals surface area contributed by atoms with Crippen molar-refractivity contribution in [3.8, 4) is 16.9 Å². The monoisotopic (exact) mass is 469 g/mol. The highest BCUT2D eigenvalue weighted by Crippen LogP contribution is 2.30. The third-order valence-electron chi connectivity index (χ3n) is 4.84. The van der Waals surface area contributed by atoms with Crippen molar-refractivity contribution in [1.82, 2.24) is 9.97 Å². The summed E-state index contributed by atoms with van der Waals surface area (Å²) in [5, 5.41) is 10.2. The lowest BCUT2D eigenvalue weighted by Gasteiger charge is -2.07. The van der Waals surface area contributed by atoms with Crippen LogP contribution in [0.1, 0.15) is 39.6 Å². The van der Waals surface area contributed by atoms with Crippen molar-refractivity contribution in [3.05, 3.63) is 77.1 Å². The number of hydrogen-bond acceptors (Lipinski definition) is 6. The number of nitrogen functional groups attached to an aromatic ring is 1. The summed E-state index contributed by atoms with van der Waals surface area (Å²) in [7, 11) is 0. The molecule has 0 saturated heterocycles. The van der Waals surface area contributed by atoms with Crippen LogP contribution in [0.25, 0.3) is 22.2 Å². The van der Waals surface area contributed by atoms with E-state index in [1.807, 2.05) is 0 Å². The Balaban J connectivity index is 0.000000709. The van der Waals surface area contributed by atoms with E-state index in [0.717, 1.165) is 17.9 Å². The summed E-state index contributed by atoms with van der Waals surface area (Å²) >= 11 is 3.92. The minimum Gasteiger partial charge on any atom is -0.507 e. The molecular weight excluding hydrogens is 448 g/mol. The molecule has 0 radical (unpaired) electrons. The molecule has 0 fully saturated rings. The molecule has 4 rings (SSSR count). The highest BCUT2D eigenvalue weighted by molar-refractivity contribution is 7.80. The van der Waals surface area contributed by atoms with E-state index in [9.17, 15) is 23.5 Å². The number of aromatic amines is 1. The van der Waals surface area contributed by atoms with Gasteiger partial charge in [0.25, 0.3) is 0 Å². The number of phenolic OH excluding ortho intramolecular Hbond substituents is 1. The van der Waals surface area contributed by atoms with Crippen LogP contribution in [-0.4, -0.2) is 32.9 Å². The zero-order chi connectivity index (χ0) is 24.1. The lowest BCUT2D eigenvalue weighted by Crippen LogP contribution is -2.09. The zero-order valence-electron chi connectivity index (χ0n) is 17.6. The number of phenols is 1. The lowest BCUT2D eigenvalue weighted by atomic mass is 9.99. The second kappa shape index (κ2) is 10.3. The average Bonchev–Trinajstić information content (AvgIpc) is 3.25. The van der Waals surface area contributed by atoms with Gasteiger partial charge in [0.15, 0.2) is 12.1 Å². The number of H-pyrrole nitrogens is 1.